The number of aliphatic hydroxyl groups is 1. The van der Waals surface area contributed by atoms with Crippen LogP contribution >= 0.6 is 0 Å². The van der Waals surface area contributed by atoms with Crippen molar-refractivity contribution < 1.29 is 9.84 Å². The number of aliphatic hydroxyl groups excluding tert-OH is 1. The number of hydrogen-bond acceptors (Lipinski definition) is 3. The van der Waals surface area contributed by atoms with E-state index in [9.17, 15) is 0 Å². The van der Waals surface area contributed by atoms with Gasteiger partial charge in [-0.1, -0.05) is 30.3 Å². The molecular formula is C14H21NO2. The minimum atomic E-state index is 0.321. The van der Waals surface area contributed by atoms with Crippen molar-refractivity contribution in [3.05, 3.63) is 35.9 Å². The number of likely N-dealkylation sites (tertiary alicyclic amines) is 1. The summed E-state index contributed by atoms with van der Waals surface area (Å²) < 4.78 is 5.65. The zero-order valence-corrected chi connectivity index (χ0v) is 10.2. The molecule has 1 heterocycles. The van der Waals surface area contributed by atoms with Crippen molar-refractivity contribution in [2.75, 3.05) is 32.8 Å². The average Bonchev–Trinajstić information content (AvgIpc) is 2.84. The van der Waals surface area contributed by atoms with Crippen molar-refractivity contribution in [2.24, 2.45) is 5.92 Å². The van der Waals surface area contributed by atoms with Gasteiger partial charge in [0.15, 0.2) is 0 Å². The molecule has 0 radical (unpaired) electrons. The second-order valence-electron chi connectivity index (χ2n) is 4.68. The summed E-state index contributed by atoms with van der Waals surface area (Å²) in [6.07, 6.45) is 1.12. The summed E-state index contributed by atoms with van der Waals surface area (Å²) in [5, 5.41) is 9.05. The van der Waals surface area contributed by atoms with Gasteiger partial charge in [-0.15, -0.1) is 0 Å². The zero-order chi connectivity index (χ0) is 11.9. The van der Waals surface area contributed by atoms with E-state index in [0.29, 0.717) is 19.1 Å². The van der Waals surface area contributed by atoms with E-state index in [1.54, 1.807) is 0 Å². The first-order valence-electron chi connectivity index (χ1n) is 6.33. The third kappa shape index (κ3) is 4.11. The van der Waals surface area contributed by atoms with E-state index in [1.165, 1.54) is 5.56 Å². The van der Waals surface area contributed by atoms with Crippen LogP contribution in [0, 0.1) is 5.92 Å². The van der Waals surface area contributed by atoms with Gasteiger partial charge in [0, 0.05) is 19.7 Å². The van der Waals surface area contributed by atoms with Crippen LogP contribution in [0.5, 0.6) is 0 Å². The summed E-state index contributed by atoms with van der Waals surface area (Å²) in [6.45, 7) is 4.88. The summed E-state index contributed by atoms with van der Waals surface area (Å²) in [4.78, 5) is 2.37. The Labute approximate surface area is 103 Å². The molecule has 0 bridgehead atoms. The number of ether oxygens (including phenoxy) is 1. The number of benzene rings is 1. The predicted molar refractivity (Wildman–Crippen MR) is 67.7 cm³/mol. The molecule has 0 unspecified atom stereocenters. The molecule has 3 heteroatoms. The molecule has 3 nitrogen and oxygen atoms in total. The van der Waals surface area contributed by atoms with Crippen LogP contribution in [0.1, 0.15) is 12.0 Å². The monoisotopic (exact) mass is 235 g/mol. The maximum atomic E-state index is 9.05. The molecule has 94 valence electrons. The lowest BCUT2D eigenvalue weighted by Crippen LogP contribution is -2.25. The second-order valence-corrected chi connectivity index (χ2v) is 4.68. The first-order chi connectivity index (χ1) is 8.38. The van der Waals surface area contributed by atoms with Gasteiger partial charge in [0.1, 0.15) is 0 Å². The molecule has 1 N–H and O–H groups in total. The molecule has 1 aliphatic rings. The van der Waals surface area contributed by atoms with Crippen molar-refractivity contribution in [3.63, 3.8) is 0 Å². The first-order valence-corrected chi connectivity index (χ1v) is 6.33. The Balaban J connectivity index is 1.58. The lowest BCUT2D eigenvalue weighted by atomic mass is 10.1. The fourth-order valence-electron chi connectivity index (χ4n) is 2.22. The molecule has 1 saturated heterocycles. The molecule has 1 fully saturated rings. The molecule has 0 aliphatic carbocycles. The van der Waals surface area contributed by atoms with Crippen molar-refractivity contribution in [1.29, 1.82) is 0 Å². The highest BCUT2D eigenvalue weighted by molar-refractivity contribution is 5.13. The standard InChI is InChI=1S/C14H21NO2/c16-11-14-6-7-15(10-14)8-9-17-12-13-4-2-1-3-5-13/h1-5,14,16H,6-12H2/t14-/m0/s1. The van der Waals surface area contributed by atoms with E-state index in [0.717, 1.165) is 32.7 Å². The normalized spacial score (nSPS) is 20.9. The Kier molecular flexibility index (Phi) is 4.98. The molecule has 0 aromatic heterocycles. The van der Waals surface area contributed by atoms with Crippen LogP contribution in [0.4, 0.5) is 0 Å². The summed E-state index contributed by atoms with van der Waals surface area (Å²) in [5.41, 5.74) is 1.22. The number of rotatable bonds is 6. The van der Waals surface area contributed by atoms with Crippen LogP contribution in [0.3, 0.4) is 0 Å². The fourth-order valence-corrected chi connectivity index (χ4v) is 2.22. The van der Waals surface area contributed by atoms with Gasteiger partial charge in [-0.3, -0.25) is 0 Å². The Morgan fingerprint density at radius 3 is 2.82 bits per heavy atom. The molecule has 1 atom stereocenters. The van der Waals surface area contributed by atoms with Crippen LogP contribution in [-0.4, -0.2) is 42.9 Å². The Morgan fingerprint density at radius 2 is 2.12 bits per heavy atom. The van der Waals surface area contributed by atoms with Crippen molar-refractivity contribution >= 4 is 0 Å². The molecule has 1 aromatic carbocycles. The Morgan fingerprint density at radius 1 is 1.29 bits per heavy atom. The SMILES string of the molecule is OC[C@H]1CCN(CCOCc2ccccc2)C1. The third-order valence-electron chi connectivity index (χ3n) is 3.29. The summed E-state index contributed by atoms with van der Waals surface area (Å²) in [5.74, 6) is 0.476. The quantitative estimate of drug-likeness (QED) is 0.759. The molecular weight excluding hydrogens is 214 g/mol. The van der Waals surface area contributed by atoms with Gasteiger partial charge in [-0.05, 0) is 24.4 Å². The summed E-state index contributed by atoms with van der Waals surface area (Å²) in [6, 6.07) is 10.2. The minimum absolute atomic E-state index is 0.321. The maximum Gasteiger partial charge on any atom is 0.0717 e. The Hall–Kier alpha value is -0.900. The van der Waals surface area contributed by atoms with Crippen molar-refractivity contribution in [1.82, 2.24) is 4.90 Å². The zero-order valence-electron chi connectivity index (χ0n) is 10.2. The van der Waals surface area contributed by atoms with E-state index in [2.05, 4.69) is 17.0 Å². The highest BCUT2D eigenvalue weighted by Gasteiger charge is 2.20. The molecule has 17 heavy (non-hydrogen) atoms. The van der Waals surface area contributed by atoms with Crippen molar-refractivity contribution in [3.8, 4) is 0 Å². The van der Waals surface area contributed by atoms with Gasteiger partial charge in [0.2, 0.25) is 0 Å². The predicted octanol–water partition coefficient (Wildman–Crippen LogP) is 1.52. The van der Waals surface area contributed by atoms with E-state index in [4.69, 9.17) is 9.84 Å². The molecule has 2 rings (SSSR count). The molecule has 1 aromatic rings. The lowest BCUT2D eigenvalue weighted by molar-refractivity contribution is 0.0970. The molecule has 0 spiro atoms. The van der Waals surface area contributed by atoms with Gasteiger partial charge >= 0.3 is 0 Å². The van der Waals surface area contributed by atoms with Gasteiger partial charge in [-0.2, -0.15) is 0 Å². The molecule has 0 amide bonds. The minimum Gasteiger partial charge on any atom is -0.396 e. The van der Waals surface area contributed by atoms with Crippen LogP contribution in [0.15, 0.2) is 30.3 Å². The molecule has 0 saturated carbocycles. The average molecular weight is 235 g/mol. The highest BCUT2D eigenvalue weighted by atomic mass is 16.5. The van der Waals surface area contributed by atoms with Gasteiger partial charge < -0.3 is 14.7 Å². The topological polar surface area (TPSA) is 32.7 Å². The Bertz CT molecular complexity index is 315. The first kappa shape index (κ1) is 12.6. The van der Waals surface area contributed by atoms with Crippen LogP contribution in [-0.2, 0) is 11.3 Å². The second kappa shape index (κ2) is 6.74. The van der Waals surface area contributed by atoms with Gasteiger partial charge in [-0.25, -0.2) is 0 Å². The highest BCUT2D eigenvalue weighted by Crippen LogP contribution is 2.14. The van der Waals surface area contributed by atoms with E-state index in [1.807, 2.05) is 18.2 Å². The van der Waals surface area contributed by atoms with Gasteiger partial charge in [0.05, 0.1) is 13.2 Å². The largest absolute Gasteiger partial charge is 0.396 e. The fraction of sp³-hybridized carbons (Fsp3) is 0.571. The lowest BCUT2D eigenvalue weighted by Gasteiger charge is -2.15. The van der Waals surface area contributed by atoms with Crippen molar-refractivity contribution in [2.45, 2.75) is 13.0 Å². The summed E-state index contributed by atoms with van der Waals surface area (Å²) >= 11 is 0. The third-order valence-corrected chi connectivity index (χ3v) is 3.29. The number of hydrogen-bond donors (Lipinski definition) is 1. The van der Waals surface area contributed by atoms with E-state index >= 15 is 0 Å². The van der Waals surface area contributed by atoms with E-state index in [-0.39, 0.29) is 0 Å². The molecule has 1 aliphatic heterocycles. The van der Waals surface area contributed by atoms with E-state index < -0.39 is 0 Å². The maximum absolute atomic E-state index is 9.05. The number of nitrogens with zero attached hydrogens (tertiary/aromatic N) is 1. The summed E-state index contributed by atoms with van der Waals surface area (Å²) in [7, 11) is 0. The van der Waals surface area contributed by atoms with Crippen LogP contribution in [0.2, 0.25) is 0 Å². The van der Waals surface area contributed by atoms with Crippen LogP contribution < -0.4 is 0 Å². The smallest absolute Gasteiger partial charge is 0.0717 e. The van der Waals surface area contributed by atoms with Crippen LogP contribution in [0.25, 0.3) is 0 Å². The van der Waals surface area contributed by atoms with Gasteiger partial charge in [0.25, 0.3) is 0 Å².